The summed E-state index contributed by atoms with van der Waals surface area (Å²) in [5, 5.41) is 18.3. The molecule has 2 aromatic rings. The Bertz CT molecular complexity index is 715. The van der Waals surface area contributed by atoms with E-state index in [9.17, 15) is 14.7 Å². The summed E-state index contributed by atoms with van der Waals surface area (Å²) in [6.45, 7) is 1.77. The first-order valence-electron chi connectivity index (χ1n) is 6.43. The maximum absolute atomic E-state index is 11.6. The van der Waals surface area contributed by atoms with Crippen LogP contribution in [0.3, 0.4) is 0 Å². The lowest BCUT2D eigenvalue weighted by atomic mass is 10.1. The molecule has 7 heteroatoms. The van der Waals surface area contributed by atoms with E-state index in [1.807, 2.05) is 0 Å². The van der Waals surface area contributed by atoms with Crippen molar-refractivity contribution in [3.8, 4) is 5.75 Å². The van der Waals surface area contributed by atoms with Crippen LogP contribution in [0.15, 0.2) is 34.2 Å². The lowest BCUT2D eigenvalue weighted by Crippen LogP contribution is -2.19. The largest absolute Gasteiger partial charge is 0.508 e. The first-order valence-corrected chi connectivity index (χ1v) is 6.43. The average molecular weight is 288 g/mol. The van der Waals surface area contributed by atoms with Crippen LogP contribution < -0.4 is 11.0 Å². The summed E-state index contributed by atoms with van der Waals surface area (Å²) >= 11 is 0. The smallest absolute Gasteiger partial charge is 0.267 e. The van der Waals surface area contributed by atoms with Crippen LogP contribution in [0.4, 0.5) is 0 Å². The Morgan fingerprint density at radius 3 is 2.90 bits per heavy atom. The molecule has 7 nitrogen and oxygen atoms in total. The van der Waals surface area contributed by atoms with Gasteiger partial charge in [0, 0.05) is 17.7 Å². The van der Waals surface area contributed by atoms with E-state index in [0.717, 1.165) is 5.69 Å². The van der Waals surface area contributed by atoms with Crippen LogP contribution in [0.5, 0.6) is 5.75 Å². The molecule has 1 heterocycles. The molecular weight excluding hydrogens is 272 g/mol. The average Bonchev–Trinajstić information content (AvgIpc) is 2.76. The van der Waals surface area contributed by atoms with Gasteiger partial charge in [0.05, 0.1) is 6.21 Å². The molecule has 0 unspecified atom stereocenters. The molecule has 0 spiro atoms. The molecule has 4 N–H and O–H groups in total. The Morgan fingerprint density at radius 1 is 1.43 bits per heavy atom. The Kier molecular flexibility index (Phi) is 4.55. The minimum Gasteiger partial charge on any atom is -0.508 e. The molecule has 0 aliphatic rings. The monoisotopic (exact) mass is 288 g/mol. The molecule has 0 fully saturated rings. The summed E-state index contributed by atoms with van der Waals surface area (Å²) in [5.41, 5.74) is 4.15. The Balaban J connectivity index is 1.84. The first-order chi connectivity index (χ1) is 10.1. The molecule has 21 heavy (non-hydrogen) atoms. The molecular formula is C14H16N4O3. The number of carbonyl (C=O) groups is 1. The van der Waals surface area contributed by atoms with Crippen LogP contribution in [0, 0.1) is 6.92 Å². The fraction of sp³-hybridized carbons (Fsp3) is 0.214. The number of H-pyrrole nitrogens is 2. The minimum atomic E-state index is -0.286. The zero-order valence-electron chi connectivity index (χ0n) is 11.5. The summed E-state index contributed by atoms with van der Waals surface area (Å²) < 4.78 is 0. The van der Waals surface area contributed by atoms with Crippen LogP contribution in [-0.2, 0) is 11.2 Å². The lowest BCUT2D eigenvalue weighted by Gasteiger charge is -1.99. The summed E-state index contributed by atoms with van der Waals surface area (Å²) in [5.74, 6) is -0.154. The molecule has 1 amide bonds. The predicted molar refractivity (Wildman–Crippen MR) is 78.3 cm³/mol. The van der Waals surface area contributed by atoms with Crippen molar-refractivity contribution in [2.24, 2.45) is 5.10 Å². The number of hydrogen-bond donors (Lipinski definition) is 4. The summed E-state index contributed by atoms with van der Waals surface area (Å²) in [4.78, 5) is 23.0. The van der Waals surface area contributed by atoms with Crippen LogP contribution in [-0.4, -0.2) is 27.4 Å². The van der Waals surface area contributed by atoms with Gasteiger partial charge in [-0.3, -0.25) is 14.7 Å². The number of nitrogens with zero attached hydrogens (tertiary/aromatic N) is 1. The third-order valence-corrected chi connectivity index (χ3v) is 2.97. The number of benzene rings is 1. The van der Waals surface area contributed by atoms with E-state index >= 15 is 0 Å². The third-order valence-electron chi connectivity index (χ3n) is 2.97. The van der Waals surface area contributed by atoms with Crippen molar-refractivity contribution >= 4 is 12.1 Å². The number of hydrazone groups is 1. The first kappa shape index (κ1) is 14.6. The van der Waals surface area contributed by atoms with Gasteiger partial charge in [-0.15, -0.1) is 0 Å². The van der Waals surface area contributed by atoms with Crippen molar-refractivity contribution in [1.29, 1.82) is 0 Å². The molecule has 110 valence electrons. The summed E-state index contributed by atoms with van der Waals surface area (Å²) in [6.07, 6.45) is 1.95. The Labute approximate surface area is 120 Å². The highest BCUT2D eigenvalue weighted by atomic mass is 16.3. The highest BCUT2D eigenvalue weighted by Gasteiger charge is 2.08. The van der Waals surface area contributed by atoms with Crippen molar-refractivity contribution in [2.45, 2.75) is 19.8 Å². The number of phenols is 1. The van der Waals surface area contributed by atoms with E-state index in [1.54, 1.807) is 25.1 Å². The molecule has 0 aliphatic carbocycles. The van der Waals surface area contributed by atoms with Crippen molar-refractivity contribution in [2.75, 3.05) is 0 Å². The maximum atomic E-state index is 11.6. The lowest BCUT2D eigenvalue weighted by molar-refractivity contribution is -0.121. The van der Waals surface area contributed by atoms with Gasteiger partial charge >= 0.3 is 0 Å². The van der Waals surface area contributed by atoms with Gasteiger partial charge in [0.15, 0.2) is 0 Å². The molecule has 1 aromatic carbocycles. The fourth-order valence-corrected chi connectivity index (χ4v) is 1.85. The van der Waals surface area contributed by atoms with Crippen LogP contribution in [0.1, 0.15) is 23.2 Å². The van der Waals surface area contributed by atoms with Gasteiger partial charge in [-0.25, -0.2) is 5.43 Å². The van der Waals surface area contributed by atoms with Crippen LogP contribution in [0.2, 0.25) is 0 Å². The minimum absolute atomic E-state index is 0.132. The zero-order valence-corrected chi connectivity index (χ0v) is 11.5. The third kappa shape index (κ3) is 4.07. The standard InChI is InChI=1S/C14H16N4O3/c1-9-12(14(21)18-16-9)5-6-13(20)17-15-8-10-3-2-4-11(19)7-10/h2-4,7-8,19H,5-6H2,1H3,(H,17,20)(H2,16,18,21). The number of aromatic amines is 2. The number of aromatic hydroxyl groups is 1. The highest BCUT2D eigenvalue weighted by molar-refractivity contribution is 5.82. The van der Waals surface area contributed by atoms with Crippen LogP contribution in [0.25, 0.3) is 0 Å². The fourth-order valence-electron chi connectivity index (χ4n) is 1.85. The van der Waals surface area contributed by atoms with Crippen molar-refractivity contribution in [3.05, 3.63) is 51.4 Å². The second-order valence-electron chi connectivity index (χ2n) is 4.57. The molecule has 0 bridgehead atoms. The molecule has 0 saturated carbocycles. The van der Waals surface area contributed by atoms with Gasteiger partial charge in [-0.1, -0.05) is 12.1 Å². The number of aryl methyl sites for hydroxylation is 1. The molecule has 0 radical (unpaired) electrons. The van der Waals surface area contributed by atoms with Crippen molar-refractivity contribution in [3.63, 3.8) is 0 Å². The van der Waals surface area contributed by atoms with Gasteiger partial charge in [-0.2, -0.15) is 5.10 Å². The molecule has 0 aliphatic heterocycles. The van der Waals surface area contributed by atoms with Crippen molar-refractivity contribution < 1.29 is 9.90 Å². The number of carbonyl (C=O) groups excluding carboxylic acids is 1. The van der Waals surface area contributed by atoms with E-state index in [-0.39, 0.29) is 23.6 Å². The van der Waals surface area contributed by atoms with E-state index in [0.29, 0.717) is 17.5 Å². The highest BCUT2D eigenvalue weighted by Crippen LogP contribution is 2.08. The number of rotatable bonds is 5. The number of hydrogen-bond acceptors (Lipinski definition) is 4. The molecule has 1 aromatic heterocycles. The van der Waals surface area contributed by atoms with Gasteiger partial charge in [0.1, 0.15) is 5.75 Å². The number of phenolic OH excluding ortho intramolecular Hbond substituents is 1. The van der Waals surface area contributed by atoms with E-state index in [2.05, 4.69) is 20.7 Å². The predicted octanol–water partition coefficient (Wildman–Crippen LogP) is 0.800. The Morgan fingerprint density at radius 2 is 2.24 bits per heavy atom. The molecule has 2 rings (SSSR count). The normalized spacial score (nSPS) is 10.9. The van der Waals surface area contributed by atoms with Crippen LogP contribution >= 0.6 is 0 Å². The number of aromatic nitrogens is 2. The number of nitrogens with one attached hydrogen (secondary N) is 3. The molecule has 0 atom stereocenters. The summed E-state index contributed by atoms with van der Waals surface area (Å²) in [7, 11) is 0. The van der Waals surface area contributed by atoms with E-state index < -0.39 is 0 Å². The van der Waals surface area contributed by atoms with Gasteiger partial charge in [-0.05, 0) is 31.0 Å². The van der Waals surface area contributed by atoms with E-state index in [1.165, 1.54) is 12.3 Å². The second-order valence-corrected chi connectivity index (χ2v) is 4.57. The number of amides is 1. The second kappa shape index (κ2) is 6.56. The van der Waals surface area contributed by atoms with Crippen molar-refractivity contribution in [1.82, 2.24) is 15.6 Å². The van der Waals surface area contributed by atoms with Gasteiger partial charge in [0.25, 0.3) is 5.56 Å². The zero-order chi connectivity index (χ0) is 15.2. The van der Waals surface area contributed by atoms with Gasteiger partial charge in [0.2, 0.25) is 5.91 Å². The quantitative estimate of drug-likeness (QED) is 0.482. The Hall–Kier alpha value is -2.83. The summed E-state index contributed by atoms with van der Waals surface area (Å²) in [6, 6.07) is 6.50. The van der Waals surface area contributed by atoms with Gasteiger partial charge < -0.3 is 10.2 Å². The maximum Gasteiger partial charge on any atom is 0.267 e. The van der Waals surface area contributed by atoms with E-state index in [4.69, 9.17) is 0 Å². The SMILES string of the molecule is Cc1[nH][nH]c(=O)c1CCC(=O)NN=Cc1cccc(O)c1. The molecule has 0 saturated heterocycles. The topological polar surface area (TPSA) is 110 Å².